The fourth-order valence-corrected chi connectivity index (χ4v) is 5.48. The molecule has 286 valence electrons. The van der Waals surface area contributed by atoms with E-state index in [0.29, 0.717) is 57.1 Å². The first-order valence-corrected chi connectivity index (χ1v) is 21.0. The van der Waals surface area contributed by atoms with Gasteiger partial charge in [-0.2, -0.15) is 4.68 Å². The summed E-state index contributed by atoms with van der Waals surface area (Å²) in [4.78, 5) is 57.5. The van der Waals surface area contributed by atoms with Gasteiger partial charge in [-0.1, -0.05) is 58.9 Å². The van der Waals surface area contributed by atoms with Crippen LogP contribution in [0.1, 0.15) is 38.1 Å². The van der Waals surface area contributed by atoms with Crippen molar-refractivity contribution in [2.45, 2.75) is 46.2 Å². The van der Waals surface area contributed by atoms with Gasteiger partial charge in [-0.25, -0.2) is 9.86 Å². The molecule has 2 aliphatic heterocycles. The maximum atomic E-state index is 12.5. The van der Waals surface area contributed by atoms with E-state index in [1.54, 1.807) is 10.6 Å². The molecular formula is C33H43Cl3N5O9PS. The van der Waals surface area contributed by atoms with Gasteiger partial charge in [-0.3, -0.25) is 24.3 Å². The average Bonchev–Trinajstić information content (AvgIpc) is 3.51. The highest BCUT2D eigenvalue weighted by atomic mass is 35.5. The number of carboxylic acids is 1. The maximum absolute atomic E-state index is 12.5. The molecular weight excluding hydrogens is 780 g/mol. The standard InChI is InChI=1S/C15H13Cl2N3O2.C12H14ClNO2.C3H8NO5P.C3H9S/c1-2-7-22-13-9-12(10(16)8-11(13)17)20-15(21)19-6-4-3-5-14(19)18-20;1-12(2)8-16-14(11(12)15)7-9-5-3-4-6-10(9)13;5-3(6)1-4-2-10(7,8)9;1-4(2)3/h1,8-9H,3-7H2;3-6H,7-8H2,1-2H3;4H,1-2H2,(H,5,6)(H2,7,8,9);1-3H3/q;;;+1/p-1. The van der Waals surface area contributed by atoms with E-state index in [-0.39, 0.29) is 18.2 Å². The average molecular weight is 823 g/mol. The Morgan fingerprint density at radius 3 is 2.35 bits per heavy atom. The highest BCUT2D eigenvalue weighted by Gasteiger charge is 2.40. The van der Waals surface area contributed by atoms with Crippen molar-refractivity contribution in [3.8, 4) is 23.8 Å². The monoisotopic (exact) mass is 821 g/mol. The molecule has 1 amide bonds. The smallest absolute Gasteiger partial charge is 0.350 e. The Morgan fingerprint density at radius 1 is 1.15 bits per heavy atom. The van der Waals surface area contributed by atoms with Crippen LogP contribution in [0.25, 0.3) is 5.69 Å². The van der Waals surface area contributed by atoms with E-state index in [1.165, 1.54) is 15.8 Å². The second-order valence-electron chi connectivity index (χ2n) is 12.4. The van der Waals surface area contributed by atoms with E-state index >= 15 is 0 Å². The van der Waals surface area contributed by atoms with Crippen LogP contribution in [0.4, 0.5) is 0 Å². The number of terminal acetylenes is 1. The van der Waals surface area contributed by atoms with Crippen molar-refractivity contribution >= 4 is 65.2 Å². The van der Waals surface area contributed by atoms with Gasteiger partial charge in [-0.15, -0.1) is 11.5 Å². The number of carbonyl (C=O) groups is 2. The van der Waals surface area contributed by atoms with Crippen LogP contribution >= 0.6 is 42.4 Å². The number of aliphatic carboxylic acids is 1. The largest absolute Gasteiger partial charge is 0.778 e. The Hall–Kier alpha value is -3.03. The highest BCUT2D eigenvalue weighted by Crippen LogP contribution is 2.33. The summed E-state index contributed by atoms with van der Waals surface area (Å²) in [6.45, 7) is 4.87. The van der Waals surface area contributed by atoms with E-state index in [0.717, 1.165) is 30.7 Å². The molecule has 1 unspecified atom stereocenters. The van der Waals surface area contributed by atoms with E-state index < -0.39 is 31.8 Å². The molecule has 0 spiro atoms. The van der Waals surface area contributed by atoms with E-state index in [4.69, 9.17) is 60.8 Å². The number of nitrogens with zero attached hydrogens (tertiary/aromatic N) is 4. The Balaban J connectivity index is 0.000000274. The van der Waals surface area contributed by atoms with Crippen molar-refractivity contribution < 1.29 is 38.6 Å². The van der Waals surface area contributed by atoms with Crippen LogP contribution in [0.2, 0.25) is 15.1 Å². The molecule has 1 fully saturated rings. The Kier molecular flexibility index (Phi) is 18.2. The zero-order chi connectivity index (χ0) is 39.2. The van der Waals surface area contributed by atoms with Crippen LogP contribution < -0.4 is 20.6 Å². The molecule has 3 heterocycles. The lowest BCUT2D eigenvalue weighted by Crippen LogP contribution is -2.30. The van der Waals surface area contributed by atoms with Gasteiger partial charge >= 0.3 is 11.7 Å². The molecule has 3 aromatic rings. The first-order valence-electron chi connectivity index (χ1n) is 15.6. The molecule has 1 atom stereocenters. The van der Waals surface area contributed by atoms with Gasteiger partial charge in [0.25, 0.3) is 5.91 Å². The fraction of sp³-hybridized carbons (Fsp3) is 0.455. The molecule has 5 rings (SSSR count). The molecule has 0 saturated carbocycles. The molecule has 1 saturated heterocycles. The van der Waals surface area contributed by atoms with Gasteiger partial charge in [0, 0.05) is 24.1 Å². The first kappa shape index (κ1) is 45.1. The summed E-state index contributed by atoms with van der Waals surface area (Å²) >= 11 is 18.3. The molecule has 3 N–H and O–H groups in total. The highest BCUT2D eigenvalue weighted by molar-refractivity contribution is 7.94. The number of hydrogen-bond donors (Lipinski definition) is 3. The number of rotatable bonds is 9. The summed E-state index contributed by atoms with van der Waals surface area (Å²) in [6.07, 6.45) is 13.8. The van der Waals surface area contributed by atoms with Crippen LogP contribution in [-0.2, 0) is 49.4 Å². The second kappa shape index (κ2) is 21.0. The molecule has 19 heteroatoms. The summed E-state index contributed by atoms with van der Waals surface area (Å²) in [5.74, 6) is 2.34. The zero-order valence-corrected chi connectivity index (χ0v) is 33.4. The molecule has 2 aromatic carbocycles. The van der Waals surface area contributed by atoms with Crippen molar-refractivity contribution in [2.24, 2.45) is 5.41 Å². The summed E-state index contributed by atoms with van der Waals surface area (Å²) in [5, 5.41) is 17.1. The number of hydrogen-bond acceptors (Lipinski definition) is 9. The van der Waals surface area contributed by atoms with E-state index in [2.05, 4.69) is 29.8 Å². The first-order chi connectivity index (χ1) is 24.3. The van der Waals surface area contributed by atoms with Crippen molar-refractivity contribution in [3.63, 3.8) is 0 Å². The number of halogens is 3. The number of nitrogens with one attached hydrogen (secondary N) is 1. The normalized spacial score (nSPS) is 15.4. The minimum Gasteiger partial charge on any atom is -0.778 e. The van der Waals surface area contributed by atoms with Crippen LogP contribution in [0.5, 0.6) is 5.75 Å². The third-order valence-corrected chi connectivity index (χ3v) is 8.35. The number of aryl methyl sites for hydroxylation is 1. The van der Waals surface area contributed by atoms with Gasteiger partial charge in [-0.05, 0) is 55.3 Å². The number of aromatic nitrogens is 3. The predicted molar refractivity (Wildman–Crippen MR) is 202 cm³/mol. The Labute approximate surface area is 320 Å². The minimum absolute atomic E-state index is 0.00687. The molecule has 0 aliphatic carbocycles. The lowest BCUT2D eigenvalue weighted by atomic mass is 9.95. The summed E-state index contributed by atoms with van der Waals surface area (Å²) in [7, 11) is -3.71. The summed E-state index contributed by atoms with van der Waals surface area (Å²) in [6, 6.07) is 10.6. The number of carboxylic acid groups (broad SMARTS) is 1. The number of ether oxygens (including phenoxy) is 1. The number of fused-ring (bicyclic) bond motifs is 1. The van der Waals surface area contributed by atoms with Gasteiger partial charge in [0.05, 0.1) is 65.9 Å². The SMILES string of the molecule is C#CCOc1cc(-n2nc3n(c2=O)CCCC3)c(Cl)cc1Cl.CC1(C)CON(Cc2ccccc2Cl)C1=O.C[S+](C)C.O=C(O)CNCP(=O)([O-])O. The second-order valence-corrected chi connectivity index (χ2v) is 17.6. The molecule has 0 bridgehead atoms. The van der Waals surface area contributed by atoms with Crippen molar-refractivity contribution in [2.75, 3.05) is 44.8 Å². The molecule has 1 aromatic heterocycles. The fourth-order valence-electron chi connectivity index (χ4n) is 4.37. The predicted octanol–water partition coefficient (Wildman–Crippen LogP) is 3.99. The van der Waals surface area contributed by atoms with Gasteiger partial charge in [0.15, 0.2) is 0 Å². The molecule has 2 aliphatic rings. The van der Waals surface area contributed by atoms with Crippen LogP contribution in [0.15, 0.2) is 41.2 Å². The quantitative estimate of drug-likeness (QED) is 0.161. The third-order valence-electron chi connectivity index (χ3n) is 6.76. The number of hydroxylamine groups is 2. The van der Waals surface area contributed by atoms with Crippen LogP contribution in [0, 0.1) is 17.8 Å². The Morgan fingerprint density at radius 2 is 1.81 bits per heavy atom. The molecule has 52 heavy (non-hydrogen) atoms. The lowest BCUT2D eigenvalue weighted by molar-refractivity contribution is -0.193. The van der Waals surface area contributed by atoms with Crippen LogP contribution in [0.3, 0.4) is 0 Å². The molecule has 0 radical (unpaired) electrons. The maximum Gasteiger partial charge on any atom is 0.350 e. The van der Waals surface area contributed by atoms with Crippen molar-refractivity contribution in [3.05, 3.63) is 73.3 Å². The number of benzene rings is 2. The summed E-state index contributed by atoms with van der Waals surface area (Å²) < 4.78 is 18.3. The number of amides is 1. The minimum atomic E-state index is -4.35. The van der Waals surface area contributed by atoms with Crippen molar-refractivity contribution in [1.82, 2.24) is 24.7 Å². The lowest BCUT2D eigenvalue weighted by Gasteiger charge is -2.16. The van der Waals surface area contributed by atoms with Gasteiger partial charge < -0.3 is 24.2 Å². The summed E-state index contributed by atoms with van der Waals surface area (Å²) in [5.41, 5.74) is 0.698. The van der Waals surface area contributed by atoms with Gasteiger partial charge in [0.2, 0.25) is 0 Å². The van der Waals surface area contributed by atoms with E-state index in [9.17, 15) is 23.8 Å². The topological polar surface area (TPSA) is 188 Å². The zero-order valence-electron chi connectivity index (χ0n) is 29.4. The van der Waals surface area contributed by atoms with Crippen molar-refractivity contribution in [1.29, 1.82) is 0 Å². The molecule has 14 nitrogen and oxygen atoms in total. The third kappa shape index (κ3) is 14.8. The number of carbonyl (C=O) groups excluding carboxylic acids is 1. The van der Waals surface area contributed by atoms with E-state index in [1.807, 2.05) is 43.4 Å². The Bertz CT molecular complexity index is 1820. The van der Waals surface area contributed by atoms with Crippen LogP contribution in [-0.4, -0.2) is 86.1 Å². The van der Waals surface area contributed by atoms with Gasteiger partial charge in [0.1, 0.15) is 25.8 Å².